The van der Waals surface area contributed by atoms with Crippen LogP contribution in [0.4, 0.5) is 11.5 Å². The van der Waals surface area contributed by atoms with Gasteiger partial charge in [-0.25, -0.2) is 4.98 Å². The number of carbonyl (C=O) groups excluding carboxylic acids is 1. The highest BCUT2D eigenvalue weighted by molar-refractivity contribution is 6.31. The van der Waals surface area contributed by atoms with Gasteiger partial charge in [-0.1, -0.05) is 23.7 Å². The van der Waals surface area contributed by atoms with Crippen LogP contribution in [-0.4, -0.2) is 10.9 Å². The lowest BCUT2D eigenvalue weighted by atomic mass is 10.2. The van der Waals surface area contributed by atoms with E-state index in [9.17, 15) is 4.79 Å². The molecule has 19 heavy (non-hydrogen) atoms. The minimum absolute atomic E-state index is 0.0779. The number of pyridine rings is 1. The zero-order valence-electron chi connectivity index (χ0n) is 10.1. The summed E-state index contributed by atoms with van der Waals surface area (Å²) in [5.41, 5.74) is 8.39. The third-order valence-corrected chi connectivity index (χ3v) is 3.40. The van der Waals surface area contributed by atoms with Crippen molar-refractivity contribution in [3.05, 3.63) is 52.7 Å². The molecule has 1 aromatic carbocycles. The topological polar surface area (TPSA) is 59.2 Å². The molecule has 4 nitrogen and oxygen atoms in total. The van der Waals surface area contributed by atoms with E-state index in [0.29, 0.717) is 23.8 Å². The first-order valence-corrected chi connectivity index (χ1v) is 6.30. The second-order valence-electron chi connectivity index (χ2n) is 4.52. The Morgan fingerprint density at radius 1 is 1.32 bits per heavy atom. The molecule has 0 atom stereocenters. The summed E-state index contributed by atoms with van der Waals surface area (Å²) in [6.45, 7) is 0.486. The Kier molecular flexibility index (Phi) is 2.87. The predicted octanol–water partition coefficient (Wildman–Crippen LogP) is 2.41. The molecule has 0 bridgehead atoms. The first kappa shape index (κ1) is 12.0. The molecule has 3 rings (SSSR count). The third-order valence-electron chi connectivity index (χ3n) is 3.17. The van der Waals surface area contributed by atoms with Gasteiger partial charge >= 0.3 is 0 Å². The van der Waals surface area contributed by atoms with Gasteiger partial charge in [0.2, 0.25) is 5.91 Å². The number of nitrogens with zero attached hydrogens (tertiary/aromatic N) is 2. The summed E-state index contributed by atoms with van der Waals surface area (Å²) in [7, 11) is 0. The number of carbonyl (C=O) groups is 1. The number of anilines is 2. The Morgan fingerprint density at radius 2 is 2.16 bits per heavy atom. The van der Waals surface area contributed by atoms with E-state index in [-0.39, 0.29) is 5.91 Å². The van der Waals surface area contributed by atoms with Crippen molar-refractivity contribution < 1.29 is 4.79 Å². The Balaban J connectivity index is 1.91. The molecule has 2 aromatic rings. The van der Waals surface area contributed by atoms with Crippen LogP contribution in [0, 0.1) is 0 Å². The number of amides is 1. The molecule has 1 aliphatic heterocycles. The third kappa shape index (κ3) is 2.27. The molecule has 0 unspecified atom stereocenters. The molecule has 0 fully saturated rings. The van der Waals surface area contributed by atoms with Crippen LogP contribution in [0.3, 0.4) is 0 Å². The lowest BCUT2D eigenvalue weighted by molar-refractivity contribution is -0.117. The second-order valence-corrected chi connectivity index (χ2v) is 4.96. The maximum Gasteiger partial charge on any atom is 0.231 e. The molecule has 0 aliphatic carbocycles. The molecule has 0 saturated heterocycles. The van der Waals surface area contributed by atoms with Crippen molar-refractivity contribution in [2.24, 2.45) is 0 Å². The number of hydrogen-bond donors (Lipinski definition) is 1. The Labute approximate surface area is 115 Å². The molecule has 2 heterocycles. The Hall–Kier alpha value is -2.07. The molecule has 0 spiro atoms. The van der Waals surface area contributed by atoms with E-state index < -0.39 is 0 Å². The molecular weight excluding hydrogens is 262 g/mol. The van der Waals surface area contributed by atoms with Crippen molar-refractivity contribution >= 4 is 29.0 Å². The smallest absolute Gasteiger partial charge is 0.231 e. The fourth-order valence-corrected chi connectivity index (χ4v) is 2.38. The largest absolute Gasteiger partial charge is 0.384 e. The highest BCUT2D eigenvalue weighted by atomic mass is 35.5. The van der Waals surface area contributed by atoms with Gasteiger partial charge in [0, 0.05) is 16.9 Å². The summed E-state index contributed by atoms with van der Waals surface area (Å²) < 4.78 is 0. The van der Waals surface area contributed by atoms with Gasteiger partial charge in [0.1, 0.15) is 5.82 Å². The number of halogens is 1. The zero-order valence-corrected chi connectivity index (χ0v) is 10.9. The van der Waals surface area contributed by atoms with Gasteiger partial charge < -0.3 is 10.6 Å². The monoisotopic (exact) mass is 273 g/mol. The molecule has 1 aromatic heterocycles. The minimum atomic E-state index is 0.0779. The van der Waals surface area contributed by atoms with Gasteiger partial charge in [-0.3, -0.25) is 4.79 Å². The molecule has 1 aliphatic rings. The van der Waals surface area contributed by atoms with Gasteiger partial charge in [-0.15, -0.1) is 0 Å². The fraction of sp³-hybridized carbons (Fsp3) is 0.143. The summed E-state index contributed by atoms with van der Waals surface area (Å²) in [4.78, 5) is 17.8. The SMILES string of the molecule is Nc1ccc(CN2C(=O)Cc3ccc(Cl)cc32)cn1. The number of aromatic nitrogens is 1. The average molecular weight is 274 g/mol. The molecule has 0 saturated carbocycles. The fourth-order valence-electron chi connectivity index (χ4n) is 2.22. The summed E-state index contributed by atoms with van der Waals surface area (Å²) in [6, 6.07) is 9.14. The van der Waals surface area contributed by atoms with Crippen LogP contribution in [0.5, 0.6) is 0 Å². The van der Waals surface area contributed by atoms with Crippen molar-refractivity contribution in [3.63, 3.8) is 0 Å². The van der Waals surface area contributed by atoms with Gasteiger partial charge in [0.25, 0.3) is 0 Å². The molecule has 2 N–H and O–H groups in total. The number of fused-ring (bicyclic) bond motifs is 1. The first-order chi connectivity index (χ1) is 9.13. The lowest BCUT2D eigenvalue weighted by Gasteiger charge is -2.17. The van der Waals surface area contributed by atoms with Crippen molar-refractivity contribution in [2.75, 3.05) is 10.6 Å². The van der Waals surface area contributed by atoms with E-state index in [2.05, 4.69) is 4.98 Å². The van der Waals surface area contributed by atoms with Crippen molar-refractivity contribution in [2.45, 2.75) is 13.0 Å². The molecule has 1 amide bonds. The number of rotatable bonds is 2. The van der Waals surface area contributed by atoms with E-state index in [1.54, 1.807) is 17.2 Å². The van der Waals surface area contributed by atoms with Crippen LogP contribution in [0.1, 0.15) is 11.1 Å². The number of hydrogen-bond acceptors (Lipinski definition) is 3. The standard InChI is InChI=1S/C14H12ClN3O/c15-11-3-2-10-5-14(19)18(12(10)6-11)8-9-1-4-13(16)17-7-9/h1-4,6-7H,5,8H2,(H2,16,17). The average Bonchev–Trinajstić information content (AvgIpc) is 2.69. The van der Waals surface area contributed by atoms with E-state index in [1.165, 1.54) is 0 Å². The van der Waals surface area contributed by atoms with E-state index in [4.69, 9.17) is 17.3 Å². The maximum absolute atomic E-state index is 12.1. The summed E-state index contributed by atoms with van der Waals surface area (Å²) >= 11 is 5.99. The van der Waals surface area contributed by atoms with Gasteiger partial charge in [0.15, 0.2) is 0 Å². The zero-order chi connectivity index (χ0) is 13.4. The molecule has 96 valence electrons. The van der Waals surface area contributed by atoms with Crippen molar-refractivity contribution in [1.82, 2.24) is 4.98 Å². The van der Waals surface area contributed by atoms with Gasteiger partial charge in [0.05, 0.1) is 13.0 Å². The number of nitrogen functional groups attached to an aromatic ring is 1. The molecule has 0 radical (unpaired) electrons. The quantitative estimate of drug-likeness (QED) is 0.914. The maximum atomic E-state index is 12.1. The van der Waals surface area contributed by atoms with Crippen LogP contribution in [-0.2, 0) is 17.8 Å². The van der Waals surface area contributed by atoms with Crippen LogP contribution >= 0.6 is 11.6 Å². The Bertz CT molecular complexity index is 640. The van der Waals surface area contributed by atoms with E-state index in [1.807, 2.05) is 24.3 Å². The lowest BCUT2D eigenvalue weighted by Crippen LogP contribution is -2.26. The number of nitrogens with two attached hydrogens (primary N) is 1. The molecule has 5 heteroatoms. The van der Waals surface area contributed by atoms with Crippen LogP contribution in [0.15, 0.2) is 36.5 Å². The second kappa shape index (κ2) is 4.55. The van der Waals surface area contributed by atoms with Crippen LogP contribution < -0.4 is 10.6 Å². The van der Waals surface area contributed by atoms with Gasteiger partial charge in [-0.05, 0) is 29.3 Å². The first-order valence-electron chi connectivity index (χ1n) is 5.93. The minimum Gasteiger partial charge on any atom is -0.384 e. The van der Waals surface area contributed by atoms with E-state index >= 15 is 0 Å². The molecular formula is C14H12ClN3O. The highest BCUT2D eigenvalue weighted by Gasteiger charge is 2.27. The summed E-state index contributed by atoms with van der Waals surface area (Å²) in [5.74, 6) is 0.550. The summed E-state index contributed by atoms with van der Waals surface area (Å²) in [5, 5.41) is 0.633. The van der Waals surface area contributed by atoms with Crippen molar-refractivity contribution in [3.8, 4) is 0 Å². The van der Waals surface area contributed by atoms with Crippen molar-refractivity contribution in [1.29, 1.82) is 0 Å². The highest BCUT2D eigenvalue weighted by Crippen LogP contribution is 2.32. The number of benzene rings is 1. The van der Waals surface area contributed by atoms with E-state index in [0.717, 1.165) is 16.8 Å². The normalized spacial score (nSPS) is 13.7. The van der Waals surface area contributed by atoms with Gasteiger partial charge in [-0.2, -0.15) is 0 Å². The Morgan fingerprint density at radius 3 is 2.89 bits per heavy atom. The van der Waals surface area contributed by atoms with Crippen LogP contribution in [0.25, 0.3) is 0 Å². The summed E-state index contributed by atoms with van der Waals surface area (Å²) in [6.07, 6.45) is 2.11. The van der Waals surface area contributed by atoms with Crippen LogP contribution in [0.2, 0.25) is 5.02 Å². The predicted molar refractivity (Wildman–Crippen MR) is 75.0 cm³/mol.